The Hall–Kier alpha value is -3.66. The van der Waals surface area contributed by atoms with E-state index in [2.05, 4.69) is 37.5 Å². The summed E-state index contributed by atoms with van der Waals surface area (Å²) in [6.45, 7) is 5.78. The minimum absolute atomic E-state index is 0.0745. The smallest absolute Gasteiger partial charge is 0.254 e. The van der Waals surface area contributed by atoms with Crippen molar-refractivity contribution in [3.05, 3.63) is 53.8 Å². The first-order valence-corrected chi connectivity index (χ1v) is 15.3. The second-order valence-corrected chi connectivity index (χ2v) is 12.4. The van der Waals surface area contributed by atoms with E-state index in [9.17, 15) is 14.4 Å². The van der Waals surface area contributed by atoms with Gasteiger partial charge in [0.2, 0.25) is 11.8 Å². The summed E-state index contributed by atoms with van der Waals surface area (Å²) in [6.07, 6.45) is 7.26. The third kappa shape index (κ3) is 5.95. The van der Waals surface area contributed by atoms with Gasteiger partial charge in [0.1, 0.15) is 6.04 Å². The van der Waals surface area contributed by atoms with Gasteiger partial charge in [0.25, 0.3) is 5.91 Å². The largest absolute Gasteiger partial charge is 0.399 e. The van der Waals surface area contributed by atoms with Crippen molar-refractivity contribution >= 4 is 34.8 Å². The molecule has 0 bridgehead atoms. The van der Waals surface area contributed by atoms with E-state index in [0.717, 1.165) is 57.8 Å². The molecular formula is C32H41FN6O3. The summed E-state index contributed by atoms with van der Waals surface area (Å²) in [5.41, 5.74) is 8.57. The van der Waals surface area contributed by atoms with Gasteiger partial charge in [0.05, 0.1) is 11.3 Å². The van der Waals surface area contributed by atoms with E-state index in [1.165, 1.54) is 37.4 Å². The Kier molecular flexibility index (Phi) is 8.07. The summed E-state index contributed by atoms with van der Waals surface area (Å²) in [7, 11) is 0. The quantitative estimate of drug-likeness (QED) is 0.370. The van der Waals surface area contributed by atoms with Gasteiger partial charge in [-0.1, -0.05) is 6.07 Å². The lowest BCUT2D eigenvalue weighted by molar-refractivity contribution is -0.134. The lowest BCUT2D eigenvalue weighted by Crippen LogP contribution is -2.52. The molecule has 6 rings (SSSR count). The maximum atomic E-state index is 15.6. The summed E-state index contributed by atoms with van der Waals surface area (Å²) in [4.78, 5) is 43.5. The number of nitrogens with two attached hydrogens (primary N) is 1. The highest BCUT2D eigenvalue weighted by Gasteiger charge is 2.40. The molecule has 10 heteroatoms. The SMILES string of the molecule is Nc1ccc(N2CCN(C3CCC4(CC3)CCN(c3cccc(C(=O)NC5CCC(=O)NC5=O)c3F)CC4)CC2)cc1. The molecule has 3 amide bonds. The van der Waals surface area contributed by atoms with Gasteiger partial charge in [-0.3, -0.25) is 24.6 Å². The Labute approximate surface area is 246 Å². The number of rotatable bonds is 5. The van der Waals surface area contributed by atoms with Crippen LogP contribution in [-0.2, 0) is 9.59 Å². The van der Waals surface area contributed by atoms with Crippen LogP contribution in [-0.4, -0.2) is 74.0 Å². The number of nitrogens with zero attached hydrogens (tertiary/aromatic N) is 3. The lowest BCUT2D eigenvalue weighted by Gasteiger charge is -2.49. The van der Waals surface area contributed by atoms with Crippen LogP contribution in [0, 0.1) is 11.2 Å². The van der Waals surface area contributed by atoms with Crippen molar-refractivity contribution in [1.82, 2.24) is 15.5 Å². The number of imide groups is 1. The predicted molar refractivity (Wildman–Crippen MR) is 161 cm³/mol. The van der Waals surface area contributed by atoms with Gasteiger partial charge in [-0.25, -0.2) is 4.39 Å². The molecule has 0 aromatic heterocycles. The van der Waals surface area contributed by atoms with Crippen LogP contribution in [0.4, 0.5) is 21.5 Å². The van der Waals surface area contributed by atoms with Crippen LogP contribution in [0.1, 0.15) is 61.7 Å². The molecule has 1 spiro atoms. The Bertz CT molecular complexity index is 1310. The van der Waals surface area contributed by atoms with Crippen molar-refractivity contribution in [2.24, 2.45) is 5.41 Å². The highest BCUT2D eigenvalue weighted by Crippen LogP contribution is 2.46. The molecule has 2 aromatic carbocycles. The summed E-state index contributed by atoms with van der Waals surface area (Å²) in [6, 6.07) is 12.8. The van der Waals surface area contributed by atoms with E-state index >= 15 is 4.39 Å². The van der Waals surface area contributed by atoms with Crippen LogP contribution in [0.2, 0.25) is 0 Å². The molecule has 0 radical (unpaired) electrons. The molecule has 9 nitrogen and oxygen atoms in total. The van der Waals surface area contributed by atoms with Crippen LogP contribution in [0.3, 0.4) is 0 Å². The molecule has 1 atom stereocenters. The molecule has 3 saturated heterocycles. The van der Waals surface area contributed by atoms with Crippen LogP contribution in [0.25, 0.3) is 0 Å². The van der Waals surface area contributed by atoms with Crippen LogP contribution >= 0.6 is 0 Å². The number of hydrogen-bond acceptors (Lipinski definition) is 7. The number of amides is 3. The molecule has 1 unspecified atom stereocenters. The number of piperidine rings is 2. The van der Waals surface area contributed by atoms with Gasteiger partial charge in [0, 0.05) is 63.1 Å². The van der Waals surface area contributed by atoms with Gasteiger partial charge in [-0.05, 0) is 86.8 Å². The number of halogens is 1. The van der Waals surface area contributed by atoms with Gasteiger partial charge >= 0.3 is 0 Å². The average molecular weight is 577 g/mol. The highest BCUT2D eigenvalue weighted by atomic mass is 19.1. The summed E-state index contributed by atoms with van der Waals surface area (Å²) >= 11 is 0. The maximum absolute atomic E-state index is 15.6. The third-order valence-corrected chi connectivity index (χ3v) is 10.0. The fraction of sp³-hybridized carbons (Fsp3) is 0.531. The van der Waals surface area contributed by atoms with Crippen molar-refractivity contribution in [3.8, 4) is 0 Å². The normalized spacial score (nSPS) is 23.6. The van der Waals surface area contributed by atoms with E-state index in [1.807, 2.05) is 12.1 Å². The number of nitrogens with one attached hydrogen (secondary N) is 2. The predicted octanol–water partition coefficient (Wildman–Crippen LogP) is 3.29. The topological polar surface area (TPSA) is 111 Å². The van der Waals surface area contributed by atoms with E-state index < -0.39 is 23.7 Å². The molecule has 3 heterocycles. The number of carbonyl (C=O) groups is 3. The Balaban J connectivity index is 0.997. The van der Waals surface area contributed by atoms with Crippen molar-refractivity contribution in [2.45, 2.75) is 63.5 Å². The molecule has 4 N–H and O–H groups in total. The zero-order valence-electron chi connectivity index (χ0n) is 24.1. The fourth-order valence-corrected chi connectivity index (χ4v) is 7.34. The van der Waals surface area contributed by atoms with Crippen molar-refractivity contribution in [1.29, 1.82) is 0 Å². The van der Waals surface area contributed by atoms with E-state index in [4.69, 9.17) is 5.73 Å². The Morgan fingerprint density at radius 3 is 2.24 bits per heavy atom. The van der Waals surface area contributed by atoms with Crippen LogP contribution < -0.4 is 26.2 Å². The number of piperazine rings is 1. The fourth-order valence-electron chi connectivity index (χ4n) is 7.34. The van der Waals surface area contributed by atoms with Crippen LogP contribution in [0.5, 0.6) is 0 Å². The Morgan fingerprint density at radius 2 is 1.57 bits per heavy atom. The summed E-state index contributed by atoms with van der Waals surface area (Å²) < 4.78 is 15.6. The molecule has 42 heavy (non-hydrogen) atoms. The number of nitrogen functional groups attached to an aromatic ring is 1. The van der Waals surface area contributed by atoms with Crippen molar-refractivity contribution in [2.75, 3.05) is 54.8 Å². The first-order chi connectivity index (χ1) is 20.3. The number of hydrogen-bond donors (Lipinski definition) is 3. The molecule has 4 fully saturated rings. The standard InChI is InChI=1S/C32H41FN6O3/c33-29-25(30(41)35-26-8-9-28(40)36-31(26)42)2-1-3-27(29)39-16-14-32(15-17-39)12-10-24(11-13-32)38-20-18-37(19-21-38)23-6-4-22(34)5-7-23/h1-7,24,26H,8-21,34H2,(H,35,41)(H,36,40,42). The molecular weight excluding hydrogens is 535 g/mol. The molecule has 1 saturated carbocycles. The average Bonchev–Trinajstić information content (AvgIpc) is 3.00. The van der Waals surface area contributed by atoms with E-state index in [1.54, 1.807) is 12.1 Å². The second-order valence-electron chi connectivity index (χ2n) is 12.4. The first-order valence-electron chi connectivity index (χ1n) is 15.3. The molecule has 3 aliphatic heterocycles. The van der Waals surface area contributed by atoms with Gasteiger partial charge < -0.3 is 20.9 Å². The Morgan fingerprint density at radius 1 is 0.881 bits per heavy atom. The minimum atomic E-state index is -0.837. The number of benzene rings is 2. The third-order valence-electron chi connectivity index (χ3n) is 10.0. The lowest BCUT2D eigenvalue weighted by atomic mass is 9.66. The van der Waals surface area contributed by atoms with E-state index in [-0.39, 0.29) is 24.3 Å². The van der Waals surface area contributed by atoms with Gasteiger partial charge in [-0.15, -0.1) is 0 Å². The first kappa shape index (κ1) is 28.5. The van der Waals surface area contributed by atoms with E-state index in [0.29, 0.717) is 17.1 Å². The summed E-state index contributed by atoms with van der Waals surface area (Å²) in [5, 5.41) is 4.81. The van der Waals surface area contributed by atoms with Crippen LogP contribution in [0.15, 0.2) is 42.5 Å². The van der Waals surface area contributed by atoms with Crippen molar-refractivity contribution in [3.63, 3.8) is 0 Å². The zero-order chi connectivity index (χ0) is 29.3. The molecule has 4 aliphatic rings. The second kappa shape index (κ2) is 11.9. The molecule has 2 aromatic rings. The van der Waals surface area contributed by atoms with Crippen molar-refractivity contribution < 1.29 is 18.8 Å². The number of anilines is 3. The zero-order valence-corrected chi connectivity index (χ0v) is 24.1. The van der Waals surface area contributed by atoms with Gasteiger partial charge in [-0.2, -0.15) is 0 Å². The molecule has 224 valence electrons. The van der Waals surface area contributed by atoms with Gasteiger partial charge in [0.15, 0.2) is 5.82 Å². The summed E-state index contributed by atoms with van der Waals surface area (Å²) in [5.74, 6) is -2.10. The molecule has 1 aliphatic carbocycles. The number of carbonyl (C=O) groups excluding carboxylic acids is 3. The monoisotopic (exact) mass is 576 g/mol. The maximum Gasteiger partial charge on any atom is 0.254 e. The highest BCUT2D eigenvalue weighted by molar-refractivity contribution is 6.04. The minimum Gasteiger partial charge on any atom is -0.399 e.